The van der Waals surface area contributed by atoms with Crippen LogP contribution in [0.4, 0.5) is 21.5 Å². The van der Waals surface area contributed by atoms with Crippen molar-refractivity contribution in [1.82, 2.24) is 0 Å². The molecule has 0 unspecified atom stereocenters. The molecular weight excluding hydrogens is 520 g/mol. The first-order valence-corrected chi connectivity index (χ1v) is 12.2. The SMILES string of the molecule is CCCCOc1ccccc1NC(=O)c1cccc(NC2=C(Cl)C(=O)N(c3ccc(F)c(Cl)c3)C2=O)c1. The van der Waals surface area contributed by atoms with E-state index in [1.807, 2.05) is 6.07 Å². The number of imide groups is 1. The van der Waals surface area contributed by atoms with Crippen molar-refractivity contribution in [1.29, 1.82) is 0 Å². The van der Waals surface area contributed by atoms with Crippen molar-refractivity contribution in [2.75, 3.05) is 22.1 Å². The number of hydrogen-bond acceptors (Lipinski definition) is 5. The lowest BCUT2D eigenvalue weighted by atomic mass is 10.1. The monoisotopic (exact) mass is 541 g/mol. The van der Waals surface area contributed by atoms with Crippen molar-refractivity contribution < 1.29 is 23.5 Å². The second kappa shape index (κ2) is 11.5. The summed E-state index contributed by atoms with van der Waals surface area (Å²) in [6, 6.07) is 16.9. The summed E-state index contributed by atoms with van der Waals surface area (Å²) in [4.78, 5) is 39.4. The van der Waals surface area contributed by atoms with E-state index in [2.05, 4.69) is 17.6 Å². The van der Waals surface area contributed by atoms with E-state index < -0.39 is 23.5 Å². The highest BCUT2D eigenvalue weighted by Gasteiger charge is 2.39. The van der Waals surface area contributed by atoms with Gasteiger partial charge in [-0.15, -0.1) is 0 Å². The Morgan fingerprint density at radius 1 is 1.00 bits per heavy atom. The Labute approximate surface area is 222 Å². The van der Waals surface area contributed by atoms with Crippen LogP contribution in [-0.4, -0.2) is 24.3 Å². The van der Waals surface area contributed by atoms with Gasteiger partial charge in [-0.25, -0.2) is 9.29 Å². The summed E-state index contributed by atoms with van der Waals surface area (Å²) in [5, 5.41) is 5.07. The number of amides is 3. The van der Waals surface area contributed by atoms with E-state index in [9.17, 15) is 18.8 Å². The van der Waals surface area contributed by atoms with E-state index >= 15 is 0 Å². The lowest BCUT2D eigenvalue weighted by molar-refractivity contribution is -0.120. The molecule has 10 heteroatoms. The molecule has 0 fully saturated rings. The van der Waals surface area contributed by atoms with Gasteiger partial charge >= 0.3 is 0 Å². The van der Waals surface area contributed by atoms with Gasteiger partial charge in [0.05, 0.1) is 23.0 Å². The highest BCUT2D eigenvalue weighted by atomic mass is 35.5. The summed E-state index contributed by atoms with van der Waals surface area (Å²) in [6.45, 7) is 2.60. The lowest BCUT2D eigenvalue weighted by Crippen LogP contribution is -2.32. The van der Waals surface area contributed by atoms with Crippen LogP contribution in [0.3, 0.4) is 0 Å². The van der Waals surface area contributed by atoms with E-state index in [0.717, 1.165) is 29.9 Å². The minimum absolute atomic E-state index is 0.0734. The fourth-order valence-corrected chi connectivity index (χ4v) is 3.96. The van der Waals surface area contributed by atoms with Crippen molar-refractivity contribution in [3.8, 4) is 5.75 Å². The first-order valence-electron chi connectivity index (χ1n) is 11.4. The highest BCUT2D eigenvalue weighted by molar-refractivity contribution is 6.53. The zero-order valence-electron chi connectivity index (χ0n) is 19.7. The molecule has 190 valence electrons. The van der Waals surface area contributed by atoms with Gasteiger partial charge in [-0.3, -0.25) is 14.4 Å². The Kier molecular flexibility index (Phi) is 8.11. The second-order valence-electron chi connectivity index (χ2n) is 8.09. The normalized spacial score (nSPS) is 13.2. The topological polar surface area (TPSA) is 87.7 Å². The van der Waals surface area contributed by atoms with Crippen LogP contribution in [0, 0.1) is 5.82 Å². The van der Waals surface area contributed by atoms with E-state index in [-0.39, 0.29) is 21.4 Å². The molecule has 37 heavy (non-hydrogen) atoms. The minimum Gasteiger partial charge on any atom is -0.491 e. The maximum Gasteiger partial charge on any atom is 0.283 e. The number of nitrogens with one attached hydrogen (secondary N) is 2. The summed E-state index contributed by atoms with van der Waals surface area (Å²) in [5.74, 6) is -2.05. The maximum atomic E-state index is 13.5. The number of rotatable bonds is 9. The molecule has 0 saturated carbocycles. The standard InChI is InChI=1S/C27H22Cl2FN3O4/c1-2-3-13-37-22-10-5-4-9-21(22)32-25(34)16-7-6-8-17(14-16)31-24-23(29)26(35)33(27(24)36)18-11-12-20(30)19(28)15-18/h4-12,14-15,31H,2-3,13H2,1H3,(H,32,34). The number of halogens is 3. The van der Waals surface area contributed by atoms with Crippen molar-refractivity contribution in [2.24, 2.45) is 0 Å². The van der Waals surface area contributed by atoms with E-state index in [1.54, 1.807) is 36.4 Å². The Bertz CT molecular complexity index is 1410. The third-order valence-electron chi connectivity index (χ3n) is 5.47. The van der Waals surface area contributed by atoms with Gasteiger partial charge in [-0.1, -0.05) is 54.7 Å². The molecule has 0 saturated heterocycles. The summed E-state index contributed by atoms with van der Waals surface area (Å²) in [7, 11) is 0. The Morgan fingerprint density at radius 3 is 2.54 bits per heavy atom. The largest absolute Gasteiger partial charge is 0.491 e. The molecule has 3 aromatic carbocycles. The third kappa shape index (κ3) is 5.76. The van der Waals surface area contributed by atoms with Gasteiger partial charge < -0.3 is 15.4 Å². The molecule has 0 bridgehead atoms. The smallest absolute Gasteiger partial charge is 0.283 e. The van der Waals surface area contributed by atoms with Crippen LogP contribution in [0.2, 0.25) is 5.02 Å². The zero-order valence-corrected chi connectivity index (χ0v) is 21.2. The van der Waals surface area contributed by atoms with Gasteiger partial charge in [0.15, 0.2) is 0 Å². The number of para-hydroxylation sites is 2. The Morgan fingerprint density at radius 2 is 1.78 bits per heavy atom. The van der Waals surface area contributed by atoms with Gasteiger partial charge in [0.2, 0.25) is 0 Å². The third-order valence-corrected chi connectivity index (χ3v) is 6.11. The van der Waals surface area contributed by atoms with Crippen LogP contribution < -0.4 is 20.3 Å². The Hall–Kier alpha value is -3.88. The van der Waals surface area contributed by atoms with Crippen LogP contribution in [0.15, 0.2) is 77.5 Å². The molecule has 3 aromatic rings. The minimum atomic E-state index is -0.787. The van der Waals surface area contributed by atoms with Gasteiger partial charge in [0, 0.05) is 11.3 Å². The first-order chi connectivity index (χ1) is 17.8. The molecule has 0 aromatic heterocycles. The number of hydrogen-bond donors (Lipinski definition) is 2. The molecule has 2 N–H and O–H groups in total. The van der Waals surface area contributed by atoms with Gasteiger partial charge in [-0.2, -0.15) is 0 Å². The molecule has 4 rings (SSSR count). The number of anilines is 3. The average molecular weight is 542 g/mol. The van der Waals surface area contributed by atoms with E-state index in [0.29, 0.717) is 29.3 Å². The predicted molar refractivity (Wildman–Crippen MR) is 142 cm³/mol. The molecule has 3 amide bonds. The maximum absolute atomic E-state index is 13.5. The van der Waals surface area contributed by atoms with Crippen LogP contribution in [0.25, 0.3) is 0 Å². The number of unbranched alkanes of at least 4 members (excludes halogenated alkanes) is 1. The summed E-state index contributed by atoms with van der Waals surface area (Å²) in [6.07, 6.45) is 1.87. The summed E-state index contributed by atoms with van der Waals surface area (Å²) >= 11 is 12.0. The summed E-state index contributed by atoms with van der Waals surface area (Å²) < 4.78 is 19.3. The number of nitrogens with zero attached hydrogens (tertiary/aromatic N) is 1. The quantitative estimate of drug-likeness (QED) is 0.243. The van der Waals surface area contributed by atoms with Crippen molar-refractivity contribution >= 4 is 58.0 Å². The van der Waals surface area contributed by atoms with E-state index in [4.69, 9.17) is 27.9 Å². The van der Waals surface area contributed by atoms with Crippen LogP contribution in [-0.2, 0) is 9.59 Å². The lowest BCUT2D eigenvalue weighted by Gasteiger charge is -2.16. The first kappa shape index (κ1) is 26.2. The van der Waals surface area contributed by atoms with E-state index in [1.165, 1.54) is 12.1 Å². The Balaban J connectivity index is 1.51. The average Bonchev–Trinajstić information content (AvgIpc) is 3.10. The fourth-order valence-electron chi connectivity index (χ4n) is 3.57. The van der Waals surface area contributed by atoms with Crippen molar-refractivity contribution in [3.63, 3.8) is 0 Å². The van der Waals surface area contributed by atoms with Crippen LogP contribution in [0.5, 0.6) is 5.75 Å². The summed E-state index contributed by atoms with van der Waals surface area (Å²) in [5.41, 5.74) is 1.07. The molecule has 0 radical (unpaired) electrons. The fraction of sp³-hybridized carbons (Fsp3) is 0.148. The van der Waals surface area contributed by atoms with Gasteiger partial charge in [0.1, 0.15) is 22.3 Å². The molecule has 0 aliphatic carbocycles. The number of carbonyl (C=O) groups excluding carboxylic acids is 3. The van der Waals surface area contributed by atoms with Gasteiger partial charge in [0.25, 0.3) is 17.7 Å². The van der Waals surface area contributed by atoms with Crippen LogP contribution >= 0.6 is 23.2 Å². The molecule has 1 heterocycles. The molecule has 0 atom stereocenters. The number of carbonyl (C=O) groups is 3. The molecular formula is C27H22Cl2FN3O4. The van der Waals surface area contributed by atoms with Crippen LogP contribution in [0.1, 0.15) is 30.1 Å². The molecule has 1 aliphatic rings. The highest BCUT2D eigenvalue weighted by Crippen LogP contribution is 2.32. The second-order valence-corrected chi connectivity index (χ2v) is 8.88. The molecule has 7 nitrogen and oxygen atoms in total. The van der Waals surface area contributed by atoms with Gasteiger partial charge in [-0.05, 0) is 55.0 Å². The molecule has 1 aliphatic heterocycles. The number of benzene rings is 3. The zero-order chi connectivity index (χ0) is 26.5. The molecule has 0 spiro atoms. The number of ether oxygens (including phenoxy) is 1. The predicted octanol–water partition coefficient (Wildman–Crippen LogP) is 6.35. The van der Waals surface area contributed by atoms with Crippen molar-refractivity contribution in [2.45, 2.75) is 19.8 Å². The van der Waals surface area contributed by atoms with Crippen molar-refractivity contribution in [3.05, 3.63) is 93.9 Å².